The molecule has 0 aliphatic heterocycles. The van der Waals surface area contributed by atoms with Gasteiger partial charge in [0.25, 0.3) is 0 Å². The van der Waals surface area contributed by atoms with Crippen molar-refractivity contribution in [1.29, 1.82) is 0 Å². The molecule has 16 heavy (non-hydrogen) atoms. The van der Waals surface area contributed by atoms with Crippen LogP contribution in [0.25, 0.3) is 0 Å². The molecule has 0 heterocycles. The van der Waals surface area contributed by atoms with Gasteiger partial charge in [-0.05, 0) is 42.2 Å². The molecule has 0 radical (unpaired) electrons. The fourth-order valence-corrected chi connectivity index (χ4v) is 2.68. The van der Waals surface area contributed by atoms with Crippen molar-refractivity contribution in [2.45, 2.75) is 51.1 Å². The molecule has 3 rings (SSSR count). The zero-order valence-corrected chi connectivity index (χ0v) is 10.1. The molecule has 1 N–H and O–H groups in total. The van der Waals surface area contributed by atoms with E-state index in [2.05, 4.69) is 36.5 Å². The second-order valence-corrected chi connectivity index (χ2v) is 5.36. The monoisotopic (exact) mass is 215 g/mol. The summed E-state index contributed by atoms with van der Waals surface area (Å²) in [5.74, 6) is 1.83. The van der Waals surface area contributed by atoms with Crippen molar-refractivity contribution in [3.05, 3.63) is 35.4 Å². The van der Waals surface area contributed by atoms with Crippen LogP contribution < -0.4 is 5.32 Å². The molecule has 2 atom stereocenters. The van der Waals surface area contributed by atoms with Gasteiger partial charge in [-0.1, -0.05) is 37.6 Å². The summed E-state index contributed by atoms with van der Waals surface area (Å²) in [6.07, 6.45) is 5.53. The number of hydrogen-bond acceptors (Lipinski definition) is 1. The van der Waals surface area contributed by atoms with Crippen molar-refractivity contribution in [2.75, 3.05) is 0 Å². The molecule has 0 saturated heterocycles. The Labute approximate surface area is 98.3 Å². The third-order valence-electron chi connectivity index (χ3n) is 4.07. The van der Waals surface area contributed by atoms with Crippen molar-refractivity contribution in [3.8, 4) is 0 Å². The van der Waals surface area contributed by atoms with E-state index in [1.54, 1.807) is 5.56 Å². The molecule has 0 bridgehead atoms. The van der Waals surface area contributed by atoms with Crippen molar-refractivity contribution in [2.24, 2.45) is 5.92 Å². The van der Waals surface area contributed by atoms with Gasteiger partial charge in [-0.2, -0.15) is 0 Å². The zero-order chi connectivity index (χ0) is 11.0. The Morgan fingerprint density at radius 1 is 1.25 bits per heavy atom. The van der Waals surface area contributed by atoms with Gasteiger partial charge in [0.2, 0.25) is 0 Å². The van der Waals surface area contributed by atoms with Crippen LogP contribution in [-0.2, 0) is 6.54 Å². The van der Waals surface area contributed by atoms with Crippen molar-refractivity contribution >= 4 is 0 Å². The first-order valence-electron chi connectivity index (χ1n) is 6.69. The SMILES string of the molecule is CCC1CC1NCc1ccccc1C1CC1. The van der Waals surface area contributed by atoms with E-state index in [1.165, 1.54) is 31.2 Å². The van der Waals surface area contributed by atoms with E-state index in [4.69, 9.17) is 0 Å². The Morgan fingerprint density at radius 3 is 2.75 bits per heavy atom. The third-order valence-corrected chi connectivity index (χ3v) is 4.07. The Morgan fingerprint density at radius 2 is 2.06 bits per heavy atom. The lowest BCUT2D eigenvalue weighted by atomic mass is 10.0. The van der Waals surface area contributed by atoms with E-state index >= 15 is 0 Å². The minimum absolute atomic E-state index is 0.803. The maximum absolute atomic E-state index is 3.70. The summed E-state index contributed by atoms with van der Waals surface area (Å²) in [7, 11) is 0. The van der Waals surface area contributed by atoms with Crippen LogP contribution >= 0.6 is 0 Å². The molecule has 2 saturated carbocycles. The van der Waals surface area contributed by atoms with Gasteiger partial charge >= 0.3 is 0 Å². The van der Waals surface area contributed by atoms with Gasteiger partial charge in [-0.25, -0.2) is 0 Å². The molecular formula is C15H21N. The summed E-state index contributed by atoms with van der Waals surface area (Å²) in [6.45, 7) is 3.37. The zero-order valence-electron chi connectivity index (χ0n) is 10.1. The van der Waals surface area contributed by atoms with E-state index in [-0.39, 0.29) is 0 Å². The second kappa shape index (κ2) is 4.21. The lowest BCUT2D eigenvalue weighted by Gasteiger charge is -2.09. The van der Waals surface area contributed by atoms with Crippen LogP contribution in [0.3, 0.4) is 0 Å². The van der Waals surface area contributed by atoms with Crippen LogP contribution in [0.2, 0.25) is 0 Å². The molecule has 2 fully saturated rings. The Bertz CT molecular complexity index is 367. The first kappa shape index (κ1) is 10.3. The summed E-state index contributed by atoms with van der Waals surface area (Å²) < 4.78 is 0. The predicted octanol–water partition coefficient (Wildman–Crippen LogP) is 3.45. The van der Waals surface area contributed by atoms with E-state index in [1.807, 2.05) is 0 Å². The van der Waals surface area contributed by atoms with Crippen LogP contribution in [0, 0.1) is 5.92 Å². The molecule has 0 amide bonds. The summed E-state index contributed by atoms with van der Waals surface area (Å²) in [4.78, 5) is 0. The van der Waals surface area contributed by atoms with Crippen molar-refractivity contribution < 1.29 is 0 Å². The maximum Gasteiger partial charge on any atom is 0.0211 e. The van der Waals surface area contributed by atoms with Crippen LogP contribution in [0.15, 0.2) is 24.3 Å². The Kier molecular flexibility index (Phi) is 2.72. The second-order valence-electron chi connectivity index (χ2n) is 5.36. The molecule has 1 aromatic carbocycles. The van der Waals surface area contributed by atoms with Crippen LogP contribution in [-0.4, -0.2) is 6.04 Å². The van der Waals surface area contributed by atoms with E-state index < -0.39 is 0 Å². The largest absolute Gasteiger partial charge is 0.310 e. The van der Waals surface area contributed by atoms with Gasteiger partial charge in [0.15, 0.2) is 0 Å². The molecule has 1 nitrogen and oxygen atoms in total. The van der Waals surface area contributed by atoms with Crippen LogP contribution in [0.4, 0.5) is 0 Å². The molecule has 2 aliphatic carbocycles. The fourth-order valence-electron chi connectivity index (χ4n) is 2.68. The Balaban J connectivity index is 1.61. The van der Waals surface area contributed by atoms with Crippen molar-refractivity contribution in [3.63, 3.8) is 0 Å². The van der Waals surface area contributed by atoms with Gasteiger partial charge in [0, 0.05) is 12.6 Å². The highest BCUT2D eigenvalue weighted by atomic mass is 15.0. The minimum Gasteiger partial charge on any atom is -0.310 e. The predicted molar refractivity (Wildman–Crippen MR) is 67.4 cm³/mol. The third kappa shape index (κ3) is 2.15. The smallest absolute Gasteiger partial charge is 0.0211 e. The van der Waals surface area contributed by atoms with Crippen molar-refractivity contribution in [1.82, 2.24) is 5.32 Å². The molecule has 2 aliphatic rings. The first-order valence-corrected chi connectivity index (χ1v) is 6.69. The maximum atomic E-state index is 3.70. The summed E-state index contributed by atoms with van der Waals surface area (Å²) in [6, 6.07) is 9.77. The van der Waals surface area contributed by atoms with Gasteiger partial charge in [-0.3, -0.25) is 0 Å². The van der Waals surface area contributed by atoms with E-state index in [0.717, 1.165) is 24.4 Å². The standard InChI is InChI=1S/C15H21N/c1-2-11-9-15(11)16-10-13-5-3-4-6-14(13)12-7-8-12/h3-6,11-12,15-16H,2,7-10H2,1H3. The highest BCUT2D eigenvalue weighted by Gasteiger charge is 2.34. The average molecular weight is 215 g/mol. The average Bonchev–Trinajstić information content (AvgIpc) is 3.20. The highest BCUT2D eigenvalue weighted by molar-refractivity contribution is 5.33. The number of benzene rings is 1. The van der Waals surface area contributed by atoms with E-state index in [0.29, 0.717) is 0 Å². The molecule has 0 aromatic heterocycles. The molecule has 1 heteroatoms. The summed E-state index contributed by atoms with van der Waals surface area (Å²) in [5.41, 5.74) is 3.13. The summed E-state index contributed by atoms with van der Waals surface area (Å²) >= 11 is 0. The fraction of sp³-hybridized carbons (Fsp3) is 0.600. The van der Waals surface area contributed by atoms with Gasteiger partial charge in [0.1, 0.15) is 0 Å². The van der Waals surface area contributed by atoms with Gasteiger partial charge < -0.3 is 5.32 Å². The van der Waals surface area contributed by atoms with Gasteiger partial charge in [-0.15, -0.1) is 0 Å². The summed E-state index contributed by atoms with van der Waals surface area (Å²) in [5, 5.41) is 3.70. The Hall–Kier alpha value is -0.820. The topological polar surface area (TPSA) is 12.0 Å². The van der Waals surface area contributed by atoms with E-state index in [9.17, 15) is 0 Å². The number of hydrogen-bond donors (Lipinski definition) is 1. The molecule has 1 aromatic rings. The lowest BCUT2D eigenvalue weighted by Crippen LogP contribution is -2.18. The number of rotatable bonds is 5. The molecule has 0 spiro atoms. The molecule has 2 unspecified atom stereocenters. The molecular weight excluding hydrogens is 194 g/mol. The highest BCUT2D eigenvalue weighted by Crippen LogP contribution is 2.41. The van der Waals surface area contributed by atoms with Gasteiger partial charge in [0.05, 0.1) is 0 Å². The first-order chi connectivity index (χ1) is 7.88. The lowest BCUT2D eigenvalue weighted by molar-refractivity contribution is 0.620. The van der Waals surface area contributed by atoms with Crippen LogP contribution in [0.5, 0.6) is 0 Å². The van der Waals surface area contributed by atoms with Crippen LogP contribution in [0.1, 0.15) is 49.7 Å². The normalized spacial score (nSPS) is 28.1. The minimum atomic E-state index is 0.803. The quantitative estimate of drug-likeness (QED) is 0.793. The number of nitrogens with one attached hydrogen (secondary N) is 1. The molecule has 86 valence electrons.